The van der Waals surface area contributed by atoms with Gasteiger partial charge in [-0.2, -0.15) is 0 Å². The molecule has 0 radical (unpaired) electrons. The zero-order chi connectivity index (χ0) is 20.5. The summed E-state index contributed by atoms with van der Waals surface area (Å²) in [4.78, 5) is 14.1. The van der Waals surface area contributed by atoms with Gasteiger partial charge in [-0.05, 0) is 25.5 Å². The molecule has 2 aliphatic rings. The Kier molecular flexibility index (Phi) is 5.19. The van der Waals surface area contributed by atoms with Crippen LogP contribution in [0.2, 0.25) is 0 Å². The summed E-state index contributed by atoms with van der Waals surface area (Å²) in [6, 6.07) is 18.2. The number of nitrogens with two attached hydrogens (primary N) is 1. The molecule has 152 valence electrons. The largest absolute Gasteiger partial charge is 0.370 e. The number of para-hydroxylation sites is 1. The Hall–Kier alpha value is -2.63. The van der Waals surface area contributed by atoms with Crippen LogP contribution < -0.4 is 21.3 Å². The molecule has 0 aliphatic carbocycles. The Morgan fingerprint density at radius 3 is 2.24 bits per heavy atom. The van der Waals surface area contributed by atoms with Gasteiger partial charge in [0, 0.05) is 42.7 Å². The van der Waals surface area contributed by atoms with Crippen LogP contribution in [0.4, 0.5) is 5.69 Å². The van der Waals surface area contributed by atoms with Crippen molar-refractivity contribution in [2.45, 2.75) is 5.79 Å². The SMILES string of the molecule is CP(C)(=O)c1ccc(C2(N3CCN(c4ccccc4)CC3)N=CNC(N)=N2)cc1. The Bertz CT molecular complexity index is 960. The molecule has 8 heteroatoms. The molecule has 29 heavy (non-hydrogen) atoms. The number of nitrogens with zero attached hydrogens (tertiary/aromatic N) is 4. The van der Waals surface area contributed by atoms with E-state index in [0.29, 0.717) is 5.96 Å². The summed E-state index contributed by atoms with van der Waals surface area (Å²) in [6.07, 6.45) is 1.62. The van der Waals surface area contributed by atoms with Gasteiger partial charge in [-0.25, -0.2) is 9.98 Å². The highest BCUT2D eigenvalue weighted by atomic mass is 31.2. The smallest absolute Gasteiger partial charge is 0.238 e. The van der Waals surface area contributed by atoms with E-state index in [9.17, 15) is 4.57 Å². The van der Waals surface area contributed by atoms with E-state index in [0.717, 1.165) is 37.0 Å². The summed E-state index contributed by atoms with van der Waals surface area (Å²) in [6.45, 7) is 6.90. The number of aliphatic imine (C=N–C) groups is 2. The highest BCUT2D eigenvalue weighted by Gasteiger charge is 2.41. The first-order chi connectivity index (χ1) is 13.9. The maximum absolute atomic E-state index is 12.4. The minimum absolute atomic E-state index is 0.339. The van der Waals surface area contributed by atoms with Gasteiger partial charge in [-0.3, -0.25) is 4.90 Å². The number of nitrogens with one attached hydrogen (secondary N) is 1. The molecule has 1 saturated heterocycles. The number of piperazine rings is 1. The molecule has 0 amide bonds. The molecule has 4 rings (SSSR count). The molecule has 1 fully saturated rings. The van der Waals surface area contributed by atoms with Crippen LogP contribution in [0.1, 0.15) is 5.56 Å². The monoisotopic (exact) mass is 410 g/mol. The normalized spacial score (nSPS) is 22.8. The van der Waals surface area contributed by atoms with Crippen molar-refractivity contribution in [2.24, 2.45) is 15.7 Å². The van der Waals surface area contributed by atoms with Crippen LogP contribution in [0.25, 0.3) is 0 Å². The fraction of sp³-hybridized carbons (Fsp3) is 0.333. The summed E-state index contributed by atoms with van der Waals surface area (Å²) < 4.78 is 12.4. The van der Waals surface area contributed by atoms with Crippen LogP contribution >= 0.6 is 7.14 Å². The van der Waals surface area contributed by atoms with E-state index in [1.54, 1.807) is 19.7 Å². The number of benzene rings is 2. The van der Waals surface area contributed by atoms with E-state index in [-0.39, 0.29) is 0 Å². The predicted molar refractivity (Wildman–Crippen MR) is 121 cm³/mol. The number of hydrogen-bond acceptors (Lipinski definition) is 7. The molecule has 1 atom stereocenters. The first kappa shape index (κ1) is 19.7. The summed E-state index contributed by atoms with van der Waals surface area (Å²) in [5.74, 6) is -0.562. The van der Waals surface area contributed by atoms with Crippen LogP contribution in [0.5, 0.6) is 0 Å². The lowest BCUT2D eigenvalue weighted by molar-refractivity contribution is 0.0919. The van der Waals surface area contributed by atoms with Crippen LogP contribution in [0, 0.1) is 0 Å². The van der Waals surface area contributed by atoms with Crippen molar-refractivity contribution in [1.82, 2.24) is 10.2 Å². The average Bonchev–Trinajstić information content (AvgIpc) is 2.74. The maximum atomic E-state index is 12.4. The molecule has 0 aromatic heterocycles. The van der Waals surface area contributed by atoms with Crippen molar-refractivity contribution in [3.8, 4) is 0 Å². The number of rotatable bonds is 4. The molecule has 0 saturated carbocycles. The molecule has 2 aromatic carbocycles. The van der Waals surface area contributed by atoms with E-state index in [1.165, 1.54) is 5.69 Å². The third-order valence-corrected chi connectivity index (χ3v) is 6.99. The summed E-state index contributed by atoms with van der Waals surface area (Å²) in [7, 11) is -2.32. The molecule has 1 unspecified atom stereocenters. The quantitative estimate of drug-likeness (QED) is 0.751. The number of guanidine groups is 1. The van der Waals surface area contributed by atoms with Gasteiger partial charge in [0.25, 0.3) is 0 Å². The lowest BCUT2D eigenvalue weighted by Gasteiger charge is -2.44. The average molecular weight is 410 g/mol. The van der Waals surface area contributed by atoms with Crippen LogP contribution in [-0.2, 0) is 10.4 Å². The van der Waals surface area contributed by atoms with Crippen LogP contribution in [0.3, 0.4) is 0 Å². The molecule has 0 bridgehead atoms. The van der Waals surface area contributed by atoms with Gasteiger partial charge in [0.2, 0.25) is 5.79 Å². The van der Waals surface area contributed by atoms with E-state index in [2.05, 4.69) is 39.4 Å². The van der Waals surface area contributed by atoms with Gasteiger partial charge in [0.1, 0.15) is 7.14 Å². The third-order valence-electron chi connectivity index (χ3n) is 5.45. The highest BCUT2D eigenvalue weighted by Crippen LogP contribution is 2.37. The topological polar surface area (TPSA) is 86.3 Å². The standard InChI is InChI=1S/C21H27N6OP/c1-29(2,28)19-10-8-17(9-11-19)21(24-16-23-20(22)25-21)27-14-12-26(13-15-27)18-6-4-3-5-7-18/h3-11,16H,12-15H2,1-2H3,(H3,22,23,24,25). The van der Waals surface area contributed by atoms with E-state index in [4.69, 9.17) is 15.7 Å². The fourth-order valence-electron chi connectivity index (χ4n) is 3.85. The second kappa shape index (κ2) is 7.65. The first-order valence-electron chi connectivity index (χ1n) is 9.75. The molecule has 0 spiro atoms. The molecular weight excluding hydrogens is 383 g/mol. The summed E-state index contributed by atoms with van der Waals surface area (Å²) in [5.41, 5.74) is 8.18. The number of anilines is 1. The predicted octanol–water partition coefficient (Wildman–Crippen LogP) is 1.81. The van der Waals surface area contributed by atoms with Crippen LogP contribution in [0.15, 0.2) is 64.6 Å². The van der Waals surface area contributed by atoms with Crippen molar-refractivity contribution >= 4 is 30.4 Å². The second-order valence-electron chi connectivity index (χ2n) is 7.74. The Balaban J connectivity index is 1.63. The summed E-state index contributed by atoms with van der Waals surface area (Å²) >= 11 is 0. The highest BCUT2D eigenvalue weighted by molar-refractivity contribution is 7.70. The third kappa shape index (κ3) is 3.93. The van der Waals surface area contributed by atoms with Gasteiger partial charge in [0.15, 0.2) is 5.96 Å². The molecular formula is C21H27N6OP. The zero-order valence-electron chi connectivity index (χ0n) is 16.8. The summed E-state index contributed by atoms with van der Waals surface area (Å²) in [5, 5.41) is 3.72. The molecule has 7 nitrogen and oxygen atoms in total. The minimum Gasteiger partial charge on any atom is -0.370 e. The fourth-order valence-corrected chi connectivity index (χ4v) is 4.72. The Labute approximate surface area is 171 Å². The Morgan fingerprint density at radius 2 is 1.66 bits per heavy atom. The molecule has 2 aromatic rings. The van der Waals surface area contributed by atoms with Gasteiger partial charge >= 0.3 is 0 Å². The lowest BCUT2D eigenvalue weighted by atomic mass is 10.0. The molecule has 2 aliphatic heterocycles. The van der Waals surface area contributed by atoms with Gasteiger partial charge in [-0.1, -0.05) is 42.5 Å². The van der Waals surface area contributed by atoms with E-state index in [1.807, 2.05) is 30.3 Å². The maximum Gasteiger partial charge on any atom is 0.238 e. The zero-order valence-corrected chi connectivity index (χ0v) is 17.7. The van der Waals surface area contributed by atoms with Crippen molar-refractivity contribution in [3.63, 3.8) is 0 Å². The van der Waals surface area contributed by atoms with Crippen molar-refractivity contribution in [2.75, 3.05) is 44.4 Å². The van der Waals surface area contributed by atoms with Crippen LogP contribution in [-0.4, -0.2) is 56.7 Å². The van der Waals surface area contributed by atoms with Crippen molar-refractivity contribution in [1.29, 1.82) is 0 Å². The van der Waals surface area contributed by atoms with E-state index < -0.39 is 12.9 Å². The molecule has 3 N–H and O–H groups in total. The van der Waals surface area contributed by atoms with Gasteiger partial charge < -0.3 is 20.5 Å². The minimum atomic E-state index is -2.32. The van der Waals surface area contributed by atoms with Gasteiger partial charge in [0.05, 0.1) is 6.34 Å². The number of hydrogen-bond donors (Lipinski definition) is 2. The second-order valence-corrected chi connectivity index (χ2v) is 11.0. The Morgan fingerprint density at radius 1 is 1.00 bits per heavy atom. The molecule has 2 heterocycles. The van der Waals surface area contributed by atoms with Gasteiger partial charge in [-0.15, -0.1) is 0 Å². The lowest BCUT2D eigenvalue weighted by Crippen LogP contribution is -2.56. The van der Waals surface area contributed by atoms with E-state index >= 15 is 0 Å². The van der Waals surface area contributed by atoms with Crippen molar-refractivity contribution < 1.29 is 4.57 Å². The van der Waals surface area contributed by atoms with Crippen molar-refractivity contribution in [3.05, 3.63) is 60.2 Å². The first-order valence-corrected chi connectivity index (χ1v) is 12.4.